The number of aromatic nitrogens is 2. The first-order chi connectivity index (χ1) is 19.2. The summed E-state index contributed by atoms with van der Waals surface area (Å²) in [6.45, 7) is 2.09. The van der Waals surface area contributed by atoms with Gasteiger partial charge in [-0.1, -0.05) is 5.92 Å². The molecule has 1 aliphatic rings. The van der Waals surface area contributed by atoms with Gasteiger partial charge in [0.25, 0.3) is 11.5 Å². The average molecular weight is 545 g/mol. The molecule has 1 aromatic heterocycles. The van der Waals surface area contributed by atoms with Gasteiger partial charge in [-0.25, -0.2) is 9.78 Å². The molecule has 10 nitrogen and oxygen atoms in total. The standard InChI is InChI=1S/C30H32N4O6/c1-5-15-34(26-14-11-20-16-25-23(17-22(20)26)29(37)32-18(2)31-25)21-12-9-19(10-13-21)28(36)33-24(30(38)40-4)7-6-8-27(35)39-3/h1,9-10,12-13,16-17,24,26H,6-8,11,14-15H2,2-4H3,(H,33,36)(H,31,32,37)/t24-,26?/m0/s1. The van der Waals surface area contributed by atoms with Crippen LogP contribution in [0.4, 0.5) is 5.69 Å². The number of esters is 2. The second-order valence-electron chi connectivity index (χ2n) is 9.67. The molecule has 1 amide bonds. The molecule has 208 valence electrons. The molecular weight excluding hydrogens is 512 g/mol. The minimum absolute atomic E-state index is 0.0469. The topological polar surface area (TPSA) is 131 Å². The lowest BCUT2D eigenvalue weighted by molar-refractivity contribution is -0.144. The van der Waals surface area contributed by atoms with Crippen molar-refractivity contribution in [2.75, 3.05) is 25.7 Å². The smallest absolute Gasteiger partial charge is 0.328 e. The Labute approximate surface area is 232 Å². The molecule has 10 heteroatoms. The maximum Gasteiger partial charge on any atom is 0.328 e. The van der Waals surface area contributed by atoms with E-state index >= 15 is 0 Å². The minimum atomic E-state index is -0.897. The van der Waals surface area contributed by atoms with Gasteiger partial charge in [0.1, 0.15) is 11.9 Å². The van der Waals surface area contributed by atoms with Crippen LogP contribution in [0.5, 0.6) is 0 Å². The number of hydrogen-bond donors (Lipinski definition) is 2. The molecule has 4 rings (SSSR count). The van der Waals surface area contributed by atoms with Crippen molar-refractivity contribution in [3.8, 4) is 12.3 Å². The predicted molar refractivity (Wildman–Crippen MR) is 150 cm³/mol. The Morgan fingerprint density at radius 1 is 1.20 bits per heavy atom. The van der Waals surface area contributed by atoms with E-state index in [9.17, 15) is 19.2 Å². The van der Waals surface area contributed by atoms with Gasteiger partial charge in [-0.15, -0.1) is 6.42 Å². The largest absolute Gasteiger partial charge is 0.469 e. The third kappa shape index (κ3) is 6.15. The Morgan fingerprint density at radius 3 is 2.62 bits per heavy atom. The molecule has 3 aromatic rings. The van der Waals surface area contributed by atoms with Gasteiger partial charge in [0, 0.05) is 17.7 Å². The third-order valence-electron chi connectivity index (χ3n) is 7.12. The van der Waals surface area contributed by atoms with Crippen LogP contribution in [0.15, 0.2) is 41.2 Å². The molecule has 1 unspecified atom stereocenters. The van der Waals surface area contributed by atoms with Gasteiger partial charge in [0.2, 0.25) is 0 Å². The van der Waals surface area contributed by atoms with E-state index in [4.69, 9.17) is 11.2 Å². The number of H-pyrrole nitrogens is 1. The van der Waals surface area contributed by atoms with Crippen LogP contribution in [-0.2, 0) is 25.5 Å². The van der Waals surface area contributed by atoms with E-state index in [1.54, 1.807) is 19.1 Å². The Hall–Kier alpha value is -4.65. The molecular formula is C30H32N4O6. The average Bonchev–Trinajstić information content (AvgIpc) is 3.36. The number of terminal acetylenes is 1. The van der Waals surface area contributed by atoms with Crippen LogP contribution in [0.1, 0.15) is 59.0 Å². The van der Waals surface area contributed by atoms with Gasteiger partial charge >= 0.3 is 11.9 Å². The van der Waals surface area contributed by atoms with Gasteiger partial charge in [-0.2, -0.15) is 0 Å². The fraction of sp³-hybridized carbons (Fsp3) is 0.367. The fourth-order valence-electron chi connectivity index (χ4n) is 5.13. The van der Waals surface area contributed by atoms with E-state index in [0.29, 0.717) is 35.3 Å². The molecule has 0 aliphatic heterocycles. The highest BCUT2D eigenvalue weighted by molar-refractivity contribution is 5.97. The number of anilines is 1. The van der Waals surface area contributed by atoms with E-state index in [1.165, 1.54) is 14.2 Å². The number of hydrogen-bond acceptors (Lipinski definition) is 8. The molecule has 0 bridgehead atoms. The van der Waals surface area contributed by atoms with Crippen molar-refractivity contribution in [3.05, 3.63) is 69.3 Å². The second-order valence-corrected chi connectivity index (χ2v) is 9.67. The Morgan fingerprint density at radius 2 is 1.95 bits per heavy atom. The number of benzene rings is 2. The quantitative estimate of drug-likeness (QED) is 0.294. The second kappa shape index (κ2) is 12.5. The number of aromatic amines is 1. The lowest BCUT2D eigenvalue weighted by atomic mass is 10.0. The van der Waals surface area contributed by atoms with E-state index in [-0.39, 0.29) is 24.4 Å². The van der Waals surface area contributed by atoms with Gasteiger partial charge in [0.15, 0.2) is 0 Å². The van der Waals surface area contributed by atoms with E-state index in [2.05, 4.69) is 30.8 Å². The number of methoxy groups -OCH3 is 2. The monoisotopic (exact) mass is 544 g/mol. The number of rotatable bonds is 10. The molecule has 0 spiro atoms. The molecule has 0 saturated carbocycles. The van der Waals surface area contributed by atoms with Crippen LogP contribution < -0.4 is 15.8 Å². The molecule has 40 heavy (non-hydrogen) atoms. The number of nitrogens with one attached hydrogen (secondary N) is 2. The molecule has 2 aromatic carbocycles. The number of carbonyl (C=O) groups is 3. The summed E-state index contributed by atoms with van der Waals surface area (Å²) in [5, 5.41) is 3.23. The number of fused-ring (bicyclic) bond motifs is 2. The summed E-state index contributed by atoms with van der Waals surface area (Å²) in [6.07, 6.45) is 8.10. The first kappa shape index (κ1) is 28.4. The molecule has 0 saturated heterocycles. The van der Waals surface area contributed by atoms with Crippen LogP contribution in [0.25, 0.3) is 10.9 Å². The maximum absolute atomic E-state index is 12.9. The third-order valence-corrected chi connectivity index (χ3v) is 7.12. The van der Waals surface area contributed by atoms with Crippen molar-refractivity contribution in [2.24, 2.45) is 0 Å². The van der Waals surface area contributed by atoms with Crippen LogP contribution in [0.3, 0.4) is 0 Å². The maximum atomic E-state index is 12.9. The van der Waals surface area contributed by atoms with Gasteiger partial charge in [-0.05, 0) is 80.1 Å². The van der Waals surface area contributed by atoms with Crippen molar-refractivity contribution in [2.45, 2.75) is 51.1 Å². The number of amides is 1. The fourth-order valence-corrected chi connectivity index (χ4v) is 5.13. The Kier molecular flexibility index (Phi) is 8.84. The van der Waals surface area contributed by atoms with E-state index < -0.39 is 23.9 Å². The summed E-state index contributed by atoms with van der Waals surface area (Å²) in [5.41, 5.74) is 3.85. The molecule has 1 aliphatic carbocycles. The highest BCUT2D eigenvalue weighted by Crippen LogP contribution is 2.39. The van der Waals surface area contributed by atoms with Crippen molar-refractivity contribution < 1.29 is 23.9 Å². The van der Waals surface area contributed by atoms with E-state index in [1.807, 2.05) is 24.3 Å². The number of ether oxygens (including phenoxy) is 2. The summed E-state index contributed by atoms with van der Waals surface area (Å²) in [4.78, 5) is 58.5. The molecule has 2 atom stereocenters. The Balaban J connectivity index is 1.53. The number of nitrogens with zero attached hydrogens (tertiary/aromatic N) is 2. The summed E-state index contributed by atoms with van der Waals surface area (Å²) in [5.74, 6) is 1.88. The lowest BCUT2D eigenvalue weighted by Gasteiger charge is -2.30. The van der Waals surface area contributed by atoms with Gasteiger partial charge in [0.05, 0.1) is 37.7 Å². The van der Waals surface area contributed by atoms with Crippen LogP contribution in [-0.4, -0.2) is 54.6 Å². The van der Waals surface area contributed by atoms with Crippen molar-refractivity contribution >= 4 is 34.4 Å². The summed E-state index contributed by atoms with van der Waals surface area (Å²) in [6, 6.07) is 9.92. The van der Waals surface area contributed by atoms with Crippen LogP contribution in [0.2, 0.25) is 0 Å². The Bertz CT molecular complexity index is 1520. The van der Waals surface area contributed by atoms with Crippen molar-refractivity contribution in [1.29, 1.82) is 0 Å². The van der Waals surface area contributed by atoms with Gasteiger partial charge < -0.3 is 24.7 Å². The van der Waals surface area contributed by atoms with Crippen LogP contribution >= 0.6 is 0 Å². The van der Waals surface area contributed by atoms with Crippen LogP contribution in [0, 0.1) is 19.3 Å². The molecule has 1 heterocycles. The first-order valence-corrected chi connectivity index (χ1v) is 13.0. The minimum Gasteiger partial charge on any atom is -0.469 e. The van der Waals surface area contributed by atoms with Gasteiger partial charge in [-0.3, -0.25) is 14.4 Å². The summed E-state index contributed by atoms with van der Waals surface area (Å²) < 4.78 is 9.44. The number of aryl methyl sites for hydroxylation is 2. The first-order valence-electron chi connectivity index (χ1n) is 13.0. The summed E-state index contributed by atoms with van der Waals surface area (Å²) >= 11 is 0. The highest BCUT2D eigenvalue weighted by Gasteiger charge is 2.29. The molecule has 2 N–H and O–H groups in total. The zero-order valence-electron chi connectivity index (χ0n) is 22.8. The molecule has 0 fully saturated rings. The SMILES string of the molecule is C#CCN(c1ccc(C(=O)N[C@@H](CCCC(=O)OC)C(=O)OC)cc1)C1CCc2cc3nc(C)[nH]c(=O)c3cc21. The normalized spacial score (nSPS) is 14.6. The zero-order chi connectivity index (χ0) is 28.8. The summed E-state index contributed by atoms with van der Waals surface area (Å²) in [7, 11) is 2.54. The lowest BCUT2D eigenvalue weighted by Crippen LogP contribution is -2.41. The number of carbonyl (C=O) groups excluding carboxylic acids is 3. The highest BCUT2D eigenvalue weighted by atomic mass is 16.5. The van der Waals surface area contributed by atoms with E-state index in [0.717, 1.165) is 29.7 Å². The zero-order valence-corrected chi connectivity index (χ0v) is 22.8. The van der Waals surface area contributed by atoms with Crippen molar-refractivity contribution in [3.63, 3.8) is 0 Å². The molecule has 0 radical (unpaired) electrons. The predicted octanol–water partition coefficient (Wildman–Crippen LogP) is 2.97. The van der Waals surface area contributed by atoms with Crippen molar-refractivity contribution in [1.82, 2.24) is 15.3 Å².